The molecule has 19 heavy (non-hydrogen) atoms. The third-order valence-corrected chi connectivity index (χ3v) is 4.00. The van der Waals surface area contributed by atoms with Crippen molar-refractivity contribution in [2.75, 3.05) is 26.3 Å². The molecule has 0 radical (unpaired) electrons. The molecule has 2 saturated heterocycles. The average Bonchev–Trinajstić information content (AvgIpc) is 3.07. The Morgan fingerprint density at radius 3 is 2.89 bits per heavy atom. The number of hydrogen-bond donors (Lipinski definition) is 1. The number of carbonyl (C=O) groups is 1. The molecular weight excluding hydrogens is 240 g/mol. The van der Waals surface area contributed by atoms with Crippen molar-refractivity contribution in [1.29, 1.82) is 0 Å². The zero-order chi connectivity index (χ0) is 13.1. The van der Waals surface area contributed by atoms with Crippen LogP contribution >= 0.6 is 0 Å². The summed E-state index contributed by atoms with van der Waals surface area (Å²) >= 11 is 0. The lowest BCUT2D eigenvalue weighted by Crippen LogP contribution is -2.32. The van der Waals surface area contributed by atoms with Gasteiger partial charge in [-0.25, -0.2) is 0 Å². The van der Waals surface area contributed by atoms with E-state index in [1.165, 1.54) is 0 Å². The molecule has 2 heterocycles. The summed E-state index contributed by atoms with van der Waals surface area (Å²) in [5.41, 5.74) is 1.16. The molecule has 2 atom stereocenters. The zero-order valence-electron chi connectivity index (χ0n) is 11.0. The molecule has 0 aliphatic carbocycles. The lowest BCUT2D eigenvalue weighted by molar-refractivity contribution is -0.128. The third-order valence-electron chi connectivity index (χ3n) is 4.00. The van der Waals surface area contributed by atoms with Crippen molar-refractivity contribution < 1.29 is 9.53 Å². The smallest absolute Gasteiger partial charge is 0.238 e. The summed E-state index contributed by atoms with van der Waals surface area (Å²) in [7, 11) is 0. The van der Waals surface area contributed by atoms with Crippen molar-refractivity contribution in [2.24, 2.45) is 5.92 Å². The minimum absolute atomic E-state index is 0.0380. The molecular formula is C15H20N2O2. The van der Waals surface area contributed by atoms with Crippen LogP contribution in [-0.4, -0.2) is 37.1 Å². The van der Waals surface area contributed by atoms with Crippen molar-refractivity contribution in [3.8, 4) is 0 Å². The molecule has 1 aromatic rings. The van der Waals surface area contributed by atoms with E-state index in [1.54, 1.807) is 0 Å². The molecule has 0 spiro atoms. The standard InChI is InChI=1S/C15H20N2O2/c18-14-10-16-15(13-4-2-1-3-5-13)17(14)8-6-12-7-9-19-11-12/h1-5,12,15-16H,6-11H2. The molecule has 102 valence electrons. The highest BCUT2D eigenvalue weighted by atomic mass is 16.5. The Balaban J connectivity index is 1.65. The van der Waals surface area contributed by atoms with Gasteiger partial charge in [-0.05, 0) is 24.3 Å². The van der Waals surface area contributed by atoms with Gasteiger partial charge in [0.2, 0.25) is 5.91 Å². The first-order valence-corrected chi connectivity index (χ1v) is 7.00. The summed E-state index contributed by atoms with van der Waals surface area (Å²) in [6.45, 7) is 2.99. The number of carbonyl (C=O) groups excluding carboxylic acids is 1. The Hall–Kier alpha value is -1.39. The van der Waals surface area contributed by atoms with Crippen LogP contribution in [0.5, 0.6) is 0 Å². The first kappa shape index (κ1) is 12.6. The molecule has 0 aromatic heterocycles. The summed E-state index contributed by atoms with van der Waals surface area (Å²) < 4.78 is 5.39. The number of amides is 1. The van der Waals surface area contributed by atoms with E-state index < -0.39 is 0 Å². The van der Waals surface area contributed by atoms with Crippen LogP contribution in [0.3, 0.4) is 0 Å². The zero-order valence-corrected chi connectivity index (χ0v) is 11.0. The predicted molar refractivity (Wildman–Crippen MR) is 72.4 cm³/mol. The van der Waals surface area contributed by atoms with Crippen molar-refractivity contribution in [3.05, 3.63) is 35.9 Å². The van der Waals surface area contributed by atoms with Gasteiger partial charge in [-0.2, -0.15) is 0 Å². The van der Waals surface area contributed by atoms with Crippen molar-refractivity contribution in [1.82, 2.24) is 10.2 Å². The van der Waals surface area contributed by atoms with Crippen molar-refractivity contribution in [2.45, 2.75) is 19.0 Å². The van der Waals surface area contributed by atoms with Crippen LogP contribution in [-0.2, 0) is 9.53 Å². The van der Waals surface area contributed by atoms with E-state index in [-0.39, 0.29) is 12.1 Å². The number of rotatable bonds is 4. The number of nitrogens with one attached hydrogen (secondary N) is 1. The van der Waals surface area contributed by atoms with Crippen LogP contribution in [0.25, 0.3) is 0 Å². The van der Waals surface area contributed by atoms with Crippen molar-refractivity contribution in [3.63, 3.8) is 0 Å². The highest BCUT2D eigenvalue weighted by Gasteiger charge is 2.31. The number of benzene rings is 1. The minimum atomic E-state index is 0.0380. The molecule has 2 aliphatic rings. The highest BCUT2D eigenvalue weighted by molar-refractivity contribution is 5.80. The van der Waals surface area contributed by atoms with Gasteiger partial charge in [0.25, 0.3) is 0 Å². The average molecular weight is 260 g/mol. The van der Waals surface area contributed by atoms with Gasteiger partial charge in [0.1, 0.15) is 6.17 Å². The molecule has 1 N–H and O–H groups in total. The molecule has 0 saturated carbocycles. The van der Waals surface area contributed by atoms with Crippen molar-refractivity contribution >= 4 is 5.91 Å². The molecule has 1 aromatic carbocycles. The monoisotopic (exact) mass is 260 g/mol. The summed E-state index contributed by atoms with van der Waals surface area (Å²) in [6.07, 6.45) is 2.21. The fraction of sp³-hybridized carbons (Fsp3) is 0.533. The molecule has 4 nitrogen and oxygen atoms in total. The molecule has 0 bridgehead atoms. The Morgan fingerprint density at radius 1 is 1.32 bits per heavy atom. The Kier molecular flexibility index (Phi) is 3.80. The van der Waals surface area contributed by atoms with E-state index in [9.17, 15) is 4.79 Å². The van der Waals surface area contributed by atoms with Gasteiger partial charge in [-0.15, -0.1) is 0 Å². The summed E-state index contributed by atoms with van der Waals surface area (Å²) in [4.78, 5) is 14.0. The fourth-order valence-corrected chi connectivity index (χ4v) is 2.86. The summed E-state index contributed by atoms with van der Waals surface area (Å²) in [6, 6.07) is 10.2. The molecule has 2 aliphatic heterocycles. The second-order valence-electron chi connectivity index (χ2n) is 5.30. The largest absolute Gasteiger partial charge is 0.381 e. The molecule has 1 amide bonds. The maximum atomic E-state index is 12.0. The van der Waals surface area contributed by atoms with E-state index in [4.69, 9.17) is 4.74 Å². The van der Waals surface area contributed by atoms with Gasteiger partial charge in [0, 0.05) is 19.8 Å². The van der Waals surface area contributed by atoms with Gasteiger partial charge in [0.15, 0.2) is 0 Å². The van der Waals surface area contributed by atoms with Gasteiger partial charge in [-0.3, -0.25) is 10.1 Å². The number of ether oxygens (including phenoxy) is 1. The third kappa shape index (κ3) is 2.80. The van der Waals surface area contributed by atoms with Gasteiger partial charge in [0.05, 0.1) is 6.54 Å². The van der Waals surface area contributed by atoms with E-state index in [0.29, 0.717) is 12.5 Å². The molecule has 2 fully saturated rings. The quantitative estimate of drug-likeness (QED) is 0.893. The Morgan fingerprint density at radius 2 is 2.16 bits per heavy atom. The first-order chi connectivity index (χ1) is 9.34. The first-order valence-electron chi connectivity index (χ1n) is 7.00. The lowest BCUT2D eigenvalue weighted by atomic mass is 10.0. The topological polar surface area (TPSA) is 41.6 Å². The minimum Gasteiger partial charge on any atom is -0.381 e. The maximum absolute atomic E-state index is 12.0. The molecule has 3 rings (SSSR count). The Labute approximate surface area is 113 Å². The van der Waals surface area contributed by atoms with Crippen LogP contribution in [0.15, 0.2) is 30.3 Å². The van der Waals surface area contributed by atoms with E-state index in [0.717, 1.165) is 38.2 Å². The van der Waals surface area contributed by atoms with Gasteiger partial charge in [-0.1, -0.05) is 30.3 Å². The fourth-order valence-electron chi connectivity index (χ4n) is 2.86. The Bertz CT molecular complexity index is 429. The summed E-state index contributed by atoms with van der Waals surface area (Å²) in [5, 5.41) is 3.29. The van der Waals surface area contributed by atoms with E-state index in [1.807, 2.05) is 23.1 Å². The highest BCUT2D eigenvalue weighted by Crippen LogP contribution is 2.24. The number of hydrogen-bond acceptors (Lipinski definition) is 3. The predicted octanol–water partition coefficient (Wildman–Crippen LogP) is 1.54. The van der Waals surface area contributed by atoms with Gasteiger partial charge < -0.3 is 9.64 Å². The van der Waals surface area contributed by atoms with Gasteiger partial charge >= 0.3 is 0 Å². The van der Waals surface area contributed by atoms with Crippen LogP contribution < -0.4 is 5.32 Å². The number of nitrogens with zero attached hydrogens (tertiary/aromatic N) is 1. The second-order valence-corrected chi connectivity index (χ2v) is 5.30. The SMILES string of the molecule is O=C1CNC(c2ccccc2)N1CCC1CCOC1. The summed E-state index contributed by atoms with van der Waals surface area (Å²) in [5.74, 6) is 0.817. The second kappa shape index (κ2) is 5.72. The van der Waals surface area contributed by atoms with Crippen LogP contribution in [0, 0.1) is 5.92 Å². The van der Waals surface area contributed by atoms with Crippen LogP contribution in [0.4, 0.5) is 0 Å². The van der Waals surface area contributed by atoms with Crippen LogP contribution in [0.1, 0.15) is 24.6 Å². The molecule has 4 heteroatoms. The van der Waals surface area contributed by atoms with Crippen LogP contribution in [0.2, 0.25) is 0 Å². The maximum Gasteiger partial charge on any atom is 0.238 e. The van der Waals surface area contributed by atoms with E-state index >= 15 is 0 Å². The molecule has 2 unspecified atom stereocenters. The normalized spacial score (nSPS) is 27.2. The van der Waals surface area contributed by atoms with E-state index in [2.05, 4.69) is 17.4 Å². The lowest BCUT2D eigenvalue weighted by Gasteiger charge is -2.25.